The molecule has 0 aliphatic carbocycles. The second-order valence-electron chi connectivity index (χ2n) is 6.03. The molecule has 0 saturated carbocycles. The van der Waals surface area contributed by atoms with Crippen LogP contribution >= 0.6 is 0 Å². The third-order valence-corrected chi connectivity index (χ3v) is 5.98. The molecule has 0 radical (unpaired) electrons. The van der Waals surface area contributed by atoms with E-state index in [0.29, 0.717) is 30.1 Å². The highest BCUT2D eigenvalue weighted by atomic mass is 32.2. The average Bonchev–Trinajstić information content (AvgIpc) is 3.22. The van der Waals surface area contributed by atoms with Gasteiger partial charge >= 0.3 is 0 Å². The first-order valence-electron chi connectivity index (χ1n) is 8.25. The molecule has 0 N–H and O–H groups in total. The van der Waals surface area contributed by atoms with Crippen LogP contribution in [0.1, 0.15) is 29.5 Å². The molecule has 134 valence electrons. The van der Waals surface area contributed by atoms with Gasteiger partial charge in [0.25, 0.3) is 5.91 Å². The lowest BCUT2D eigenvalue weighted by Gasteiger charge is -2.27. The first-order valence-corrected chi connectivity index (χ1v) is 10.1. The van der Waals surface area contributed by atoms with Crippen LogP contribution in [0.2, 0.25) is 0 Å². The van der Waals surface area contributed by atoms with E-state index in [1.165, 1.54) is 0 Å². The molecule has 1 amide bonds. The number of sulfone groups is 1. The fraction of sp³-hybridized carbons (Fsp3) is 0.389. The minimum absolute atomic E-state index is 0.00349. The van der Waals surface area contributed by atoms with Crippen LogP contribution in [0.5, 0.6) is 5.75 Å². The normalized spacial score (nSPS) is 18.8. The quantitative estimate of drug-likeness (QED) is 0.788. The minimum atomic E-state index is -3.09. The van der Waals surface area contributed by atoms with Crippen molar-refractivity contribution in [3.8, 4) is 5.75 Å². The topological polar surface area (TPSA) is 76.8 Å². The van der Waals surface area contributed by atoms with Crippen LogP contribution in [-0.4, -0.2) is 43.4 Å². The van der Waals surface area contributed by atoms with Crippen molar-refractivity contribution < 1.29 is 22.4 Å². The minimum Gasteiger partial charge on any atom is -0.494 e. The second kappa shape index (κ2) is 7.31. The van der Waals surface area contributed by atoms with Crippen LogP contribution in [0.25, 0.3) is 0 Å². The molecule has 1 atom stereocenters. The molecule has 1 aliphatic rings. The van der Waals surface area contributed by atoms with E-state index in [1.807, 2.05) is 6.92 Å². The van der Waals surface area contributed by atoms with Crippen LogP contribution < -0.4 is 4.74 Å². The lowest BCUT2D eigenvalue weighted by atomic mass is 10.1. The first kappa shape index (κ1) is 17.5. The molecule has 2 heterocycles. The summed E-state index contributed by atoms with van der Waals surface area (Å²) in [5.74, 6) is 1.23. The molecular weight excluding hydrogens is 342 g/mol. The predicted molar refractivity (Wildman–Crippen MR) is 93.3 cm³/mol. The molecule has 1 aliphatic heterocycles. The smallest absolute Gasteiger partial charge is 0.254 e. The van der Waals surface area contributed by atoms with E-state index >= 15 is 0 Å². The second-order valence-corrected chi connectivity index (χ2v) is 8.26. The molecule has 3 rings (SSSR count). The van der Waals surface area contributed by atoms with Crippen molar-refractivity contribution in [2.45, 2.75) is 25.9 Å². The van der Waals surface area contributed by atoms with Gasteiger partial charge in [0.2, 0.25) is 0 Å². The van der Waals surface area contributed by atoms with Crippen LogP contribution in [0.15, 0.2) is 47.1 Å². The van der Waals surface area contributed by atoms with Gasteiger partial charge in [-0.2, -0.15) is 0 Å². The van der Waals surface area contributed by atoms with Crippen molar-refractivity contribution in [2.75, 3.05) is 18.1 Å². The lowest BCUT2D eigenvalue weighted by molar-refractivity contribution is 0.0666. The number of hydrogen-bond acceptors (Lipinski definition) is 5. The van der Waals surface area contributed by atoms with E-state index in [4.69, 9.17) is 9.15 Å². The molecule has 1 aromatic heterocycles. The van der Waals surface area contributed by atoms with E-state index in [0.717, 1.165) is 0 Å². The molecule has 1 saturated heterocycles. The SMILES string of the molecule is CCOc1ccc(C(=O)N(Cc2ccco2)[C@@H]2CCS(=O)(=O)C2)cc1. The van der Waals surface area contributed by atoms with Gasteiger partial charge in [-0.3, -0.25) is 4.79 Å². The van der Waals surface area contributed by atoms with Crippen molar-refractivity contribution in [3.63, 3.8) is 0 Å². The summed E-state index contributed by atoms with van der Waals surface area (Å²) >= 11 is 0. The summed E-state index contributed by atoms with van der Waals surface area (Å²) < 4.78 is 34.4. The summed E-state index contributed by atoms with van der Waals surface area (Å²) in [6.07, 6.45) is 1.99. The summed E-state index contributed by atoms with van der Waals surface area (Å²) in [5.41, 5.74) is 0.499. The Balaban J connectivity index is 1.83. The molecule has 0 unspecified atom stereocenters. The van der Waals surface area contributed by atoms with Gasteiger partial charge in [-0.15, -0.1) is 0 Å². The Hall–Kier alpha value is -2.28. The van der Waals surface area contributed by atoms with Crippen molar-refractivity contribution in [1.29, 1.82) is 0 Å². The van der Waals surface area contributed by atoms with Crippen molar-refractivity contribution in [1.82, 2.24) is 4.90 Å². The van der Waals surface area contributed by atoms with Crippen molar-refractivity contribution in [3.05, 3.63) is 54.0 Å². The zero-order valence-corrected chi connectivity index (χ0v) is 14.9. The Kier molecular flexibility index (Phi) is 5.13. The molecule has 6 nitrogen and oxygen atoms in total. The number of ether oxygens (including phenoxy) is 1. The predicted octanol–water partition coefficient (Wildman–Crippen LogP) is 2.51. The van der Waals surface area contributed by atoms with E-state index in [9.17, 15) is 13.2 Å². The van der Waals surface area contributed by atoms with Gasteiger partial charge in [0.15, 0.2) is 9.84 Å². The molecule has 25 heavy (non-hydrogen) atoms. The highest BCUT2D eigenvalue weighted by molar-refractivity contribution is 7.91. The summed E-state index contributed by atoms with van der Waals surface area (Å²) in [6, 6.07) is 10.1. The zero-order valence-electron chi connectivity index (χ0n) is 14.1. The zero-order chi connectivity index (χ0) is 17.9. The van der Waals surface area contributed by atoms with Crippen LogP contribution in [0.4, 0.5) is 0 Å². The fourth-order valence-electron chi connectivity index (χ4n) is 2.98. The summed E-state index contributed by atoms with van der Waals surface area (Å²) in [5, 5.41) is 0. The van der Waals surface area contributed by atoms with Crippen molar-refractivity contribution in [2.24, 2.45) is 0 Å². The maximum atomic E-state index is 13.0. The van der Waals surface area contributed by atoms with Gasteiger partial charge in [-0.05, 0) is 49.7 Å². The van der Waals surface area contributed by atoms with Crippen LogP contribution in [0.3, 0.4) is 0 Å². The molecule has 0 bridgehead atoms. The molecular formula is C18H21NO5S. The summed E-state index contributed by atoms with van der Waals surface area (Å²) in [6.45, 7) is 2.70. The third-order valence-electron chi connectivity index (χ3n) is 4.23. The van der Waals surface area contributed by atoms with Gasteiger partial charge in [0.05, 0.1) is 30.9 Å². The van der Waals surface area contributed by atoms with E-state index in [1.54, 1.807) is 47.6 Å². The maximum Gasteiger partial charge on any atom is 0.254 e. The van der Waals surface area contributed by atoms with E-state index in [-0.39, 0.29) is 30.0 Å². The number of carbonyl (C=O) groups excluding carboxylic acids is 1. The van der Waals surface area contributed by atoms with E-state index in [2.05, 4.69) is 0 Å². The lowest BCUT2D eigenvalue weighted by Crippen LogP contribution is -2.40. The first-order chi connectivity index (χ1) is 12.0. The van der Waals surface area contributed by atoms with Gasteiger partial charge in [0, 0.05) is 11.6 Å². The van der Waals surface area contributed by atoms with Crippen LogP contribution in [-0.2, 0) is 16.4 Å². The maximum absolute atomic E-state index is 13.0. The van der Waals surface area contributed by atoms with Gasteiger partial charge in [-0.1, -0.05) is 0 Å². The van der Waals surface area contributed by atoms with Gasteiger partial charge < -0.3 is 14.1 Å². The number of carbonyl (C=O) groups is 1. The highest BCUT2D eigenvalue weighted by Gasteiger charge is 2.35. The molecule has 7 heteroatoms. The number of hydrogen-bond donors (Lipinski definition) is 0. The fourth-order valence-corrected chi connectivity index (χ4v) is 4.72. The Morgan fingerprint density at radius 3 is 2.60 bits per heavy atom. The number of rotatable bonds is 6. The molecule has 1 aromatic carbocycles. The molecule has 1 fully saturated rings. The summed E-state index contributed by atoms with van der Waals surface area (Å²) in [4.78, 5) is 14.6. The Morgan fingerprint density at radius 2 is 2.04 bits per heavy atom. The van der Waals surface area contributed by atoms with Crippen molar-refractivity contribution >= 4 is 15.7 Å². The number of furan rings is 1. The highest BCUT2D eigenvalue weighted by Crippen LogP contribution is 2.23. The Morgan fingerprint density at radius 1 is 1.28 bits per heavy atom. The largest absolute Gasteiger partial charge is 0.494 e. The summed E-state index contributed by atoms with van der Waals surface area (Å²) in [7, 11) is -3.09. The van der Waals surface area contributed by atoms with Gasteiger partial charge in [-0.25, -0.2) is 8.42 Å². The standard InChI is InChI=1S/C18H21NO5S/c1-2-23-16-7-5-14(6-8-16)18(20)19(12-17-4-3-10-24-17)15-9-11-25(21,22)13-15/h3-8,10,15H,2,9,11-13H2,1H3/t15-/m1/s1. The molecule has 0 spiro atoms. The number of benzene rings is 1. The van der Waals surface area contributed by atoms with E-state index < -0.39 is 9.84 Å². The Bertz CT molecular complexity index is 812. The molecule has 2 aromatic rings. The third kappa shape index (κ3) is 4.22. The monoisotopic (exact) mass is 363 g/mol. The Labute approximate surface area is 147 Å². The number of amides is 1. The van der Waals surface area contributed by atoms with Crippen LogP contribution in [0, 0.1) is 0 Å². The number of nitrogens with zero attached hydrogens (tertiary/aromatic N) is 1. The van der Waals surface area contributed by atoms with Gasteiger partial charge in [0.1, 0.15) is 11.5 Å². The average molecular weight is 363 g/mol.